The van der Waals surface area contributed by atoms with Gasteiger partial charge in [0.2, 0.25) is 0 Å². The summed E-state index contributed by atoms with van der Waals surface area (Å²) in [6, 6.07) is 11.8. The average molecular weight is 199 g/mol. The summed E-state index contributed by atoms with van der Waals surface area (Å²) in [5.74, 6) is 0.820. The second-order valence-electron chi connectivity index (χ2n) is 3.33. The average Bonchev–Trinajstić information content (AvgIpc) is 2.27. The van der Waals surface area contributed by atoms with E-state index >= 15 is 0 Å². The van der Waals surface area contributed by atoms with Crippen molar-refractivity contribution in [2.75, 3.05) is 12.3 Å². The zero-order valence-corrected chi connectivity index (χ0v) is 8.44. The fraction of sp³-hybridized carbons (Fsp3) is 0.0769. The molecule has 2 rings (SSSR count). The Hall–Kier alpha value is -1.96. The third-order valence-electron chi connectivity index (χ3n) is 2.26. The molecule has 0 aliphatic rings. The van der Waals surface area contributed by atoms with Gasteiger partial charge in [0.25, 0.3) is 0 Å². The van der Waals surface area contributed by atoms with Gasteiger partial charge in [0.05, 0.1) is 0 Å². The molecule has 15 heavy (non-hydrogen) atoms. The van der Waals surface area contributed by atoms with E-state index in [1.54, 1.807) is 6.08 Å². The van der Waals surface area contributed by atoms with Crippen LogP contribution in [-0.4, -0.2) is 6.61 Å². The Bertz CT molecular complexity index is 491. The van der Waals surface area contributed by atoms with Crippen molar-refractivity contribution in [3.05, 3.63) is 49.1 Å². The van der Waals surface area contributed by atoms with Crippen molar-refractivity contribution < 1.29 is 4.74 Å². The van der Waals surface area contributed by atoms with Gasteiger partial charge in [-0.05, 0) is 23.6 Å². The van der Waals surface area contributed by atoms with Gasteiger partial charge in [0, 0.05) is 11.1 Å². The molecular formula is C13H13NO. The lowest BCUT2D eigenvalue weighted by Gasteiger charge is -2.06. The van der Waals surface area contributed by atoms with Crippen molar-refractivity contribution in [2.24, 2.45) is 0 Å². The maximum atomic E-state index is 5.88. The number of nitrogen functional groups attached to an aromatic ring is 1. The lowest BCUT2D eigenvalue weighted by atomic mass is 10.1. The van der Waals surface area contributed by atoms with Gasteiger partial charge in [-0.15, -0.1) is 0 Å². The Labute approximate surface area is 89.0 Å². The number of ether oxygens (including phenoxy) is 1. The maximum Gasteiger partial charge on any atom is 0.120 e. The van der Waals surface area contributed by atoms with Crippen molar-refractivity contribution >= 4 is 16.5 Å². The number of hydrogen-bond donors (Lipinski definition) is 1. The molecule has 0 aliphatic carbocycles. The van der Waals surface area contributed by atoms with Gasteiger partial charge < -0.3 is 10.5 Å². The van der Waals surface area contributed by atoms with E-state index in [0.717, 1.165) is 22.2 Å². The summed E-state index contributed by atoms with van der Waals surface area (Å²) in [6.45, 7) is 4.12. The molecule has 0 unspecified atom stereocenters. The first-order valence-electron chi connectivity index (χ1n) is 4.83. The summed E-state index contributed by atoms with van der Waals surface area (Å²) in [4.78, 5) is 0. The van der Waals surface area contributed by atoms with Crippen LogP contribution in [0.5, 0.6) is 5.75 Å². The SMILES string of the molecule is C=CCOc1ccc2cccc(N)c2c1. The largest absolute Gasteiger partial charge is 0.490 e. The molecule has 0 fully saturated rings. The summed E-state index contributed by atoms with van der Waals surface area (Å²) in [7, 11) is 0. The molecule has 2 aromatic carbocycles. The summed E-state index contributed by atoms with van der Waals surface area (Å²) in [6.07, 6.45) is 1.72. The predicted octanol–water partition coefficient (Wildman–Crippen LogP) is 2.99. The van der Waals surface area contributed by atoms with E-state index in [1.807, 2.05) is 36.4 Å². The van der Waals surface area contributed by atoms with Gasteiger partial charge in [0.1, 0.15) is 12.4 Å². The molecule has 0 aromatic heterocycles. The van der Waals surface area contributed by atoms with Crippen LogP contribution in [0, 0.1) is 0 Å². The van der Waals surface area contributed by atoms with Crippen molar-refractivity contribution in [1.82, 2.24) is 0 Å². The first-order chi connectivity index (χ1) is 7.31. The lowest BCUT2D eigenvalue weighted by molar-refractivity contribution is 0.364. The number of hydrogen-bond acceptors (Lipinski definition) is 2. The molecule has 2 aromatic rings. The molecule has 0 atom stereocenters. The fourth-order valence-corrected chi connectivity index (χ4v) is 1.52. The first kappa shape index (κ1) is 9.59. The number of benzene rings is 2. The van der Waals surface area contributed by atoms with Crippen LogP contribution in [0.2, 0.25) is 0 Å². The van der Waals surface area contributed by atoms with Crippen molar-refractivity contribution in [3.8, 4) is 5.75 Å². The number of rotatable bonds is 3. The van der Waals surface area contributed by atoms with E-state index in [1.165, 1.54) is 0 Å². The quantitative estimate of drug-likeness (QED) is 0.609. The highest BCUT2D eigenvalue weighted by atomic mass is 16.5. The molecule has 2 N–H and O–H groups in total. The van der Waals surface area contributed by atoms with Crippen LogP contribution in [0.4, 0.5) is 5.69 Å². The summed E-state index contributed by atoms with van der Waals surface area (Å²) < 4.78 is 5.44. The number of anilines is 1. The van der Waals surface area contributed by atoms with E-state index < -0.39 is 0 Å². The van der Waals surface area contributed by atoms with Crippen LogP contribution in [0.25, 0.3) is 10.8 Å². The van der Waals surface area contributed by atoms with Gasteiger partial charge in [-0.25, -0.2) is 0 Å². The second-order valence-corrected chi connectivity index (χ2v) is 3.33. The van der Waals surface area contributed by atoms with E-state index in [4.69, 9.17) is 10.5 Å². The number of fused-ring (bicyclic) bond motifs is 1. The zero-order valence-electron chi connectivity index (χ0n) is 8.44. The summed E-state index contributed by atoms with van der Waals surface area (Å²) >= 11 is 0. The van der Waals surface area contributed by atoms with Crippen LogP contribution >= 0.6 is 0 Å². The van der Waals surface area contributed by atoms with E-state index in [-0.39, 0.29) is 0 Å². The maximum absolute atomic E-state index is 5.88. The number of nitrogens with two attached hydrogens (primary N) is 1. The van der Waals surface area contributed by atoms with Gasteiger partial charge in [-0.2, -0.15) is 0 Å². The molecule has 0 spiro atoms. The molecular weight excluding hydrogens is 186 g/mol. The Balaban J connectivity index is 2.45. The standard InChI is InChI=1S/C13H13NO/c1-2-8-15-11-7-6-10-4-3-5-13(14)12(10)9-11/h2-7,9H,1,8,14H2. The monoisotopic (exact) mass is 199 g/mol. The molecule has 2 heteroatoms. The summed E-state index contributed by atoms with van der Waals surface area (Å²) in [5.41, 5.74) is 6.65. The minimum absolute atomic E-state index is 0.512. The molecule has 2 nitrogen and oxygen atoms in total. The highest BCUT2D eigenvalue weighted by Crippen LogP contribution is 2.25. The molecule has 76 valence electrons. The molecule has 0 heterocycles. The van der Waals surface area contributed by atoms with Gasteiger partial charge in [-0.1, -0.05) is 30.9 Å². The Kier molecular flexibility index (Phi) is 2.59. The Morgan fingerprint density at radius 1 is 1.27 bits per heavy atom. The second kappa shape index (κ2) is 4.05. The topological polar surface area (TPSA) is 35.2 Å². The molecule has 0 saturated heterocycles. The van der Waals surface area contributed by atoms with Crippen LogP contribution in [0.3, 0.4) is 0 Å². The van der Waals surface area contributed by atoms with Gasteiger partial charge in [-0.3, -0.25) is 0 Å². The predicted molar refractivity (Wildman–Crippen MR) is 64.1 cm³/mol. The highest BCUT2D eigenvalue weighted by Gasteiger charge is 1.99. The van der Waals surface area contributed by atoms with Crippen LogP contribution < -0.4 is 10.5 Å². The molecule has 0 aliphatic heterocycles. The molecule has 0 amide bonds. The molecule has 0 bridgehead atoms. The smallest absolute Gasteiger partial charge is 0.120 e. The third kappa shape index (κ3) is 1.94. The van der Waals surface area contributed by atoms with Crippen LogP contribution in [-0.2, 0) is 0 Å². The van der Waals surface area contributed by atoms with Gasteiger partial charge in [0.15, 0.2) is 0 Å². The summed E-state index contributed by atoms with van der Waals surface area (Å²) in [5, 5.41) is 2.15. The normalized spacial score (nSPS) is 10.1. The zero-order chi connectivity index (χ0) is 10.7. The van der Waals surface area contributed by atoms with Crippen molar-refractivity contribution in [1.29, 1.82) is 0 Å². The minimum atomic E-state index is 0.512. The Morgan fingerprint density at radius 2 is 2.13 bits per heavy atom. The third-order valence-corrected chi connectivity index (χ3v) is 2.26. The van der Waals surface area contributed by atoms with E-state index in [2.05, 4.69) is 6.58 Å². The highest BCUT2D eigenvalue weighted by molar-refractivity contribution is 5.93. The lowest BCUT2D eigenvalue weighted by Crippen LogP contribution is -1.93. The minimum Gasteiger partial charge on any atom is -0.490 e. The van der Waals surface area contributed by atoms with Crippen LogP contribution in [0.1, 0.15) is 0 Å². The van der Waals surface area contributed by atoms with Crippen molar-refractivity contribution in [3.63, 3.8) is 0 Å². The van der Waals surface area contributed by atoms with E-state index in [9.17, 15) is 0 Å². The first-order valence-corrected chi connectivity index (χ1v) is 4.83. The van der Waals surface area contributed by atoms with Gasteiger partial charge >= 0.3 is 0 Å². The Morgan fingerprint density at radius 3 is 2.93 bits per heavy atom. The molecule has 0 radical (unpaired) electrons. The fourth-order valence-electron chi connectivity index (χ4n) is 1.52. The van der Waals surface area contributed by atoms with E-state index in [0.29, 0.717) is 6.61 Å². The van der Waals surface area contributed by atoms with Crippen LogP contribution in [0.15, 0.2) is 49.1 Å². The van der Waals surface area contributed by atoms with Crippen molar-refractivity contribution in [2.45, 2.75) is 0 Å². The molecule has 0 saturated carbocycles.